The van der Waals surface area contributed by atoms with Gasteiger partial charge in [-0.3, -0.25) is 0 Å². The lowest BCUT2D eigenvalue weighted by atomic mass is 10.2. The van der Waals surface area contributed by atoms with Crippen LogP contribution in [0.2, 0.25) is 0 Å². The summed E-state index contributed by atoms with van der Waals surface area (Å²) in [4.78, 5) is 17.1. The molecular weight excluding hydrogens is 316 g/mol. The third kappa shape index (κ3) is 6.56. The number of hydrogen-bond acceptors (Lipinski definition) is 6. The maximum Gasteiger partial charge on any atom is 0.407 e. The van der Waals surface area contributed by atoms with Gasteiger partial charge in [0.1, 0.15) is 11.4 Å². The number of aromatic nitrogens is 1. The Labute approximate surface area is 142 Å². The first-order chi connectivity index (χ1) is 10.8. The Morgan fingerprint density at radius 3 is 2.52 bits per heavy atom. The summed E-state index contributed by atoms with van der Waals surface area (Å²) in [5.74, 6) is 2.18. The largest absolute Gasteiger partial charge is 0.495 e. The highest BCUT2D eigenvalue weighted by Gasteiger charge is 2.17. The zero-order valence-electron chi connectivity index (χ0n) is 14.7. The van der Waals surface area contributed by atoms with Gasteiger partial charge in [0.15, 0.2) is 0 Å². The van der Waals surface area contributed by atoms with E-state index in [0.717, 1.165) is 16.3 Å². The standard InChI is InChI=1S/C16H26N2O4S/c1-7-23-13-10-12(20-5)11(18-14(13)21-6)8-9-17-15(19)22-16(2,3)4/h10H,7-9H2,1-6H3,(H,17,19). The fourth-order valence-corrected chi connectivity index (χ4v) is 2.61. The quantitative estimate of drug-likeness (QED) is 0.767. The van der Waals surface area contributed by atoms with Crippen molar-refractivity contribution in [3.63, 3.8) is 0 Å². The van der Waals surface area contributed by atoms with Crippen LogP contribution in [-0.4, -0.2) is 43.2 Å². The van der Waals surface area contributed by atoms with E-state index < -0.39 is 11.7 Å². The summed E-state index contributed by atoms with van der Waals surface area (Å²) >= 11 is 1.64. The van der Waals surface area contributed by atoms with Crippen LogP contribution in [-0.2, 0) is 11.2 Å². The molecule has 0 aliphatic carbocycles. The monoisotopic (exact) mass is 342 g/mol. The number of amides is 1. The molecule has 0 aromatic carbocycles. The molecule has 0 unspecified atom stereocenters. The Kier molecular flexibility index (Phi) is 7.48. The van der Waals surface area contributed by atoms with E-state index in [-0.39, 0.29) is 0 Å². The van der Waals surface area contributed by atoms with Gasteiger partial charge in [0.05, 0.1) is 24.8 Å². The van der Waals surface area contributed by atoms with Crippen LogP contribution in [0.3, 0.4) is 0 Å². The minimum atomic E-state index is -0.512. The Hall–Kier alpha value is -1.63. The molecule has 0 aliphatic heterocycles. The van der Waals surface area contributed by atoms with Crippen molar-refractivity contribution in [2.45, 2.75) is 44.6 Å². The molecule has 0 saturated heterocycles. The highest BCUT2D eigenvalue weighted by molar-refractivity contribution is 7.99. The number of rotatable bonds is 7. The lowest BCUT2D eigenvalue weighted by Crippen LogP contribution is -2.33. The van der Waals surface area contributed by atoms with E-state index in [1.807, 2.05) is 26.8 Å². The molecule has 0 fully saturated rings. The van der Waals surface area contributed by atoms with E-state index in [0.29, 0.717) is 24.6 Å². The topological polar surface area (TPSA) is 69.7 Å². The minimum absolute atomic E-state index is 0.404. The van der Waals surface area contributed by atoms with Crippen molar-refractivity contribution in [3.05, 3.63) is 11.8 Å². The van der Waals surface area contributed by atoms with Gasteiger partial charge in [-0.1, -0.05) is 6.92 Å². The van der Waals surface area contributed by atoms with Gasteiger partial charge >= 0.3 is 6.09 Å². The van der Waals surface area contributed by atoms with Crippen LogP contribution >= 0.6 is 11.8 Å². The molecule has 23 heavy (non-hydrogen) atoms. The van der Waals surface area contributed by atoms with Gasteiger partial charge in [0, 0.05) is 19.0 Å². The summed E-state index contributed by atoms with van der Waals surface area (Å²) in [5.41, 5.74) is 0.225. The molecule has 0 atom stereocenters. The molecule has 0 aliphatic rings. The number of methoxy groups -OCH3 is 2. The van der Waals surface area contributed by atoms with Gasteiger partial charge in [-0.2, -0.15) is 0 Å². The van der Waals surface area contributed by atoms with Gasteiger partial charge in [0.25, 0.3) is 0 Å². The van der Waals surface area contributed by atoms with Crippen molar-refractivity contribution in [1.29, 1.82) is 0 Å². The first-order valence-corrected chi connectivity index (χ1v) is 8.50. The second-order valence-electron chi connectivity index (χ2n) is 5.76. The number of nitrogens with zero attached hydrogens (tertiary/aromatic N) is 1. The van der Waals surface area contributed by atoms with Crippen LogP contribution in [0.15, 0.2) is 11.0 Å². The Bertz CT molecular complexity index is 530. The first kappa shape index (κ1) is 19.4. The Morgan fingerprint density at radius 2 is 2.00 bits per heavy atom. The molecule has 1 aromatic rings. The molecule has 1 N–H and O–H groups in total. The second kappa shape index (κ2) is 8.86. The van der Waals surface area contributed by atoms with Gasteiger partial charge in [-0.05, 0) is 26.5 Å². The van der Waals surface area contributed by atoms with Crippen molar-refractivity contribution in [2.75, 3.05) is 26.5 Å². The number of carbonyl (C=O) groups excluding carboxylic acids is 1. The van der Waals surface area contributed by atoms with Crippen molar-refractivity contribution in [1.82, 2.24) is 10.3 Å². The number of carbonyl (C=O) groups is 1. The fraction of sp³-hybridized carbons (Fsp3) is 0.625. The predicted molar refractivity (Wildman–Crippen MR) is 91.7 cm³/mol. The molecule has 1 amide bonds. The molecule has 1 aromatic heterocycles. The van der Waals surface area contributed by atoms with E-state index in [1.165, 1.54) is 0 Å². The van der Waals surface area contributed by atoms with Crippen molar-refractivity contribution < 1.29 is 19.0 Å². The summed E-state index contributed by atoms with van der Waals surface area (Å²) in [5, 5.41) is 2.71. The molecule has 7 heteroatoms. The summed E-state index contributed by atoms with van der Waals surface area (Å²) < 4.78 is 15.9. The van der Waals surface area contributed by atoms with E-state index in [4.69, 9.17) is 14.2 Å². The molecule has 0 spiro atoms. The number of nitrogens with one attached hydrogen (secondary N) is 1. The normalized spacial score (nSPS) is 11.0. The smallest absolute Gasteiger partial charge is 0.407 e. The molecule has 6 nitrogen and oxygen atoms in total. The van der Waals surface area contributed by atoms with Crippen LogP contribution in [0.25, 0.3) is 0 Å². The van der Waals surface area contributed by atoms with Crippen molar-refractivity contribution >= 4 is 17.9 Å². The van der Waals surface area contributed by atoms with Gasteiger partial charge in [-0.15, -0.1) is 11.8 Å². The molecule has 1 heterocycles. The SMILES string of the molecule is CCSc1cc(OC)c(CCNC(=O)OC(C)(C)C)nc1OC. The van der Waals surface area contributed by atoms with E-state index >= 15 is 0 Å². The molecule has 0 saturated carbocycles. The van der Waals surface area contributed by atoms with Gasteiger partial charge in [-0.25, -0.2) is 9.78 Å². The van der Waals surface area contributed by atoms with Gasteiger partial charge in [0.2, 0.25) is 5.88 Å². The van der Waals surface area contributed by atoms with E-state index in [2.05, 4.69) is 17.2 Å². The number of pyridine rings is 1. The van der Waals surface area contributed by atoms with Gasteiger partial charge < -0.3 is 19.5 Å². The highest BCUT2D eigenvalue weighted by Crippen LogP contribution is 2.32. The molecule has 1 rings (SSSR count). The lowest BCUT2D eigenvalue weighted by Gasteiger charge is -2.19. The zero-order valence-corrected chi connectivity index (χ0v) is 15.5. The first-order valence-electron chi connectivity index (χ1n) is 7.52. The van der Waals surface area contributed by atoms with E-state index in [1.54, 1.807) is 26.0 Å². The highest BCUT2D eigenvalue weighted by atomic mass is 32.2. The maximum absolute atomic E-state index is 11.7. The Balaban J connectivity index is 2.74. The second-order valence-corrected chi connectivity index (χ2v) is 7.06. The third-order valence-electron chi connectivity index (χ3n) is 2.74. The minimum Gasteiger partial charge on any atom is -0.495 e. The summed E-state index contributed by atoms with van der Waals surface area (Å²) in [6.07, 6.45) is 0.0807. The number of hydrogen-bond donors (Lipinski definition) is 1. The van der Waals surface area contributed by atoms with Crippen LogP contribution in [0.4, 0.5) is 4.79 Å². The van der Waals surface area contributed by atoms with Crippen LogP contribution in [0.1, 0.15) is 33.4 Å². The summed E-state index contributed by atoms with van der Waals surface area (Å²) in [6.45, 7) is 7.95. The fourth-order valence-electron chi connectivity index (χ4n) is 1.86. The Morgan fingerprint density at radius 1 is 1.30 bits per heavy atom. The van der Waals surface area contributed by atoms with Crippen LogP contribution in [0.5, 0.6) is 11.6 Å². The van der Waals surface area contributed by atoms with Crippen molar-refractivity contribution in [2.24, 2.45) is 0 Å². The third-order valence-corrected chi connectivity index (χ3v) is 3.63. The molecule has 0 radical (unpaired) electrons. The molecule has 130 valence electrons. The zero-order chi connectivity index (χ0) is 17.5. The molecular formula is C16H26N2O4S. The van der Waals surface area contributed by atoms with Crippen LogP contribution < -0.4 is 14.8 Å². The molecule has 0 bridgehead atoms. The summed E-state index contributed by atoms with van der Waals surface area (Å²) in [6, 6.07) is 1.92. The average molecular weight is 342 g/mol. The lowest BCUT2D eigenvalue weighted by molar-refractivity contribution is 0.0528. The predicted octanol–water partition coefficient (Wildman–Crippen LogP) is 3.28. The maximum atomic E-state index is 11.7. The number of alkyl carbamates (subject to hydrolysis) is 1. The van der Waals surface area contributed by atoms with E-state index in [9.17, 15) is 4.79 Å². The van der Waals surface area contributed by atoms with Crippen molar-refractivity contribution in [3.8, 4) is 11.6 Å². The number of ether oxygens (including phenoxy) is 3. The van der Waals surface area contributed by atoms with Crippen LogP contribution in [0, 0.1) is 0 Å². The number of thioether (sulfide) groups is 1. The summed E-state index contributed by atoms with van der Waals surface area (Å²) in [7, 11) is 3.20. The average Bonchev–Trinajstić information content (AvgIpc) is 2.46.